The molecule has 0 radical (unpaired) electrons. The maximum Gasteiger partial charge on any atom is 0.270 e. The van der Waals surface area contributed by atoms with Crippen LogP contribution in [0.1, 0.15) is 27.3 Å². The molecule has 6 nitrogen and oxygen atoms in total. The summed E-state index contributed by atoms with van der Waals surface area (Å²) in [5.74, 6) is -0.00108. The van der Waals surface area contributed by atoms with Gasteiger partial charge in [0.05, 0.1) is 39.3 Å². The summed E-state index contributed by atoms with van der Waals surface area (Å²) in [6.07, 6.45) is 0. The van der Waals surface area contributed by atoms with Crippen LogP contribution < -0.4 is 0 Å². The molecule has 0 amide bonds. The molecular formula is C18H13Cl2N3O3. The third kappa shape index (κ3) is 3.47. The number of nitrogens with zero attached hydrogens (tertiary/aromatic N) is 3. The van der Waals surface area contributed by atoms with Crippen LogP contribution in [-0.2, 0) is 11.8 Å². The van der Waals surface area contributed by atoms with E-state index in [1.54, 1.807) is 36.4 Å². The van der Waals surface area contributed by atoms with Gasteiger partial charge in [0.25, 0.3) is 5.69 Å². The molecule has 0 bridgehead atoms. The first-order chi connectivity index (χ1) is 12.5. The Labute approximate surface area is 159 Å². The number of hydrogen-bond donors (Lipinski definition) is 0. The lowest BCUT2D eigenvalue weighted by Crippen LogP contribution is -2.11. The largest absolute Gasteiger partial charge is 0.289 e. The molecule has 3 aromatic rings. The van der Waals surface area contributed by atoms with Gasteiger partial charge >= 0.3 is 0 Å². The Bertz CT molecular complexity index is 971. The summed E-state index contributed by atoms with van der Waals surface area (Å²) in [5.41, 5.74) is 2.06. The summed E-state index contributed by atoms with van der Waals surface area (Å²) in [4.78, 5) is 23.6. The van der Waals surface area contributed by atoms with Crippen molar-refractivity contribution in [2.24, 2.45) is 0 Å². The number of ketones is 1. The number of rotatable bonds is 6. The molecule has 0 N–H and O–H groups in total. The van der Waals surface area contributed by atoms with E-state index in [0.717, 1.165) is 0 Å². The third-order valence-electron chi connectivity index (χ3n) is 3.81. The quantitative estimate of drug-likeness (QED) is 0.269. The van der Waals surface area contributed by atoms with Crippen LogP contribution >= 0.6 is 23.2 Å². The molecule has 0 saturated heterocycles. The number of carbonyl (C=O) groups excluding carboxylic acids is 1. The zero-order valence-electron chi connectivity index (χ0n) is 13.4. The van der Waals surface area contributed by atoms with Crippen LogP contribution in [0.25, 0.3) is 5.69 Å². The van der Waals surface area contributed by atoms with Gasteiger partial charge in [-0.3, -0.25) is 14.9 Å². The minimum Gasteiger partial charge on any atom is -0.289 e. The maximum atomic E-state index is 13.0. The molecule has 0 aliphatic heterocycles. The highest BCUT2D eigenvalue weighted by Gasteiger charge is 2.21. The first-order valence-electron chi connectivity index (χ1n) is 7.63. The first-order valence-corrected chi connectivity index (χ1v) is 8.70. The Morgan fingerprint density at radius 1 is 1.08 bits per heavy atom. The van der Waals surface area contributed by atoms with Gasteiger partial charge in [-0.25, -0.2) is 4.68 Å². The molecule has 0 aliphatic carbocycles. The average molecular weight is 390 g/mol. The van der Waals surface area contributed by atoms with Gasteiger partial charge in [0.1, 0.15) is 0 Å². The van der Waals surface area contributed by atoms with Crippen molar-refractivity contribution in [2.45, 2.75) is 11.8 Å². The predicted octanol–water partition coefficient (Wildman–Crippen LogP) is 4.49. The molecule has 2 aromatic carbocycles. The van der Waals surface area contributed by atoms with Crippen molar-refractivity contribution < 1.29 is 9.72 Å². The summed E-state index contributed by atoms with van der Waals surface area (Å²) in [6, 6.07) is 14.4. The van der Waals surface area contributed by atoms with E-state index in [9.17, 15) is 14.9 Å². The molecule has 0 aliphatic rings. The Balaban J connectivity index is 2.21. The van der Waals surface area contributed by atoms with Gasteiger partial charge in [-0.2, -0.15) is 5.10 Å². The lowest BCUT2D eigenvalue weighted by Gasteiger charge is -2.11. The molecule has 1 aromatic heterocycles. The van der Waals surface area contributed by atoms with Crippen LogP contribution in [0, 0.1) is 10.1 Å². The van der Waals surface area contributed by atoms with E-state index < -0.39 is 4.92 Å². The minimum atomic E-state index is -0.540. The molecule has 0 atom stereocenters. The second kappa shape index (κ2) is 7.68. The van der Waals surface area contributed by atoms with E-state index in [0.29, 0.717) is 22.6 Å². The number of benzene rings is 2. The highest BCUT2D eigenvalue weighted by molar-refractivity contribution is 6.17. The van der Waals surface area contributed by atoms with Crippen LogP contribution in [0.4, 0.5) is 5.69 Å². The number of hydrogen-bond acceptors (Lipinski definition) is 4. The zero-order chi connectivity index (χ0) is 18.7. The fraction of sp³-hybridized carbons (Fsp3) is 0.111. The van der Waals surface area contributed by atoms with E-state index in [-0.39, 0.29) is 28.8 Å². The summed E-state index contributed by atoms with van der Waals surface area (Å²) >= 11 is 11.8. The van der Waals surface area contributed by atoms with E-state index in [1.165, 1.54) is 22.9 Å². The van der Waals surface area contributed by atoms with Gasteiger partial charge in [-0.1, -0.05) is 30.3 Å². The monoisotopic (exact) mass is 389 g/mol. The van der Waals surface area contributed by atoms with E-state index in [4.69, 9.17) is 23.2 Å². The summed E-state index contributed by atoms with van der Waals surface area (Å²) in [5, 5.41) is 15.5. The SMILES string of the molecule is O=C(c1ccccc1)c1cc([N+](=O)[O-])ccc1-n1nc(CCl)cc1CCl. The molecule has 0 saturated carbocycles. The molecule has 0 spiro atoms. The van der Waals surface area contributed by atoms with Gasteiger partial charge in [0.15, 0.2) is 5.78 Å². The zero-order valence-corrected chi connectivity index (χ0v) is 14.9. The third-order valence-corrected chi connectivity index (χ3v) is 4.35. The second-order valence-electron chi connectivity index (χ2n) is 5.46. The summed E-state index contributed by atoms with van der Waals surface area (Å²) in [6.45, 7) is 0. The van der Waals surface area contributed by atoms with Gasteiger partial charge < -0.3 is 0 Å². The lowest BCUT2D eigenvalue weighted by molar-refractivity contribution is -0.384. The fourth-order valence-corrected chi connectivity index (χ4v) is 2.91. The number of non-ortho nitro benzene ring substituents is 1. The van der Waals surface area contributed by atoms with Crippen LogP contribution in [0.5, 0.6) is 0 Å². The van der Waals surface area contributed by atoms with Gasteiger partial charge in [0.2, 0.25) is 0 Å². The van der Waals surface area contributed by atoms with E-state index in [1.807, 2.05) is 0 Å². The molecule has 132 valence electrons. The Morgan fingerprint density at radius 3 is 2.42 bits per heavy atom. The van der Waals surface area contributed by atoms with Crippen molar-refractivity contribution in [3.05, 3.63) is 87.2 Å². The molecular weight excluding hydrogens is 377 g/mol. The smallest absolute Gasteiger partial charge is 0.270 e. The van der Waals surface area contributed by atoms with Gasteiger partial charge in [-0.15, -0.1) is 23.2 Å². The van der Waals surface area contributed by atoms with Gasteiger partial charge in [-0.05, 0) is 12.1 Å². The van der Waals surface area contributed by atoms with Crippen molar-refractivity contribution in [3.8, 4) is 5.69 Å². The van der Waals surface area contributed by atoms with Crippen molar-refractivity contribution >= 4 is 34.7 Å². The summed E-state index contributed by atoms with van der Waals surface area (Å²) in [7, 11) is 0. The molecule has 0 fully saturated rings. The number of halogens is 2. The number of nitro groups is 1. The van der Waals surface area contributed by atoms with Crippen LogP contribution in [0.2, 0.25) is 0 Å². The topological polar surface area (TPSA) is 78.0 Å². The van der Waals surface area contributed by atoms with Gasteiger partial charge in [0, 0.05) is 17.7 Å². The second-order valence-corrected chi connectivity index (χ2v) is 5.99. The normalized spacial score (nSPS) is 10.7. The minimum absolute atomic E-state index is 0.153. The standard InChI is InChI=1S/C18H13Cl2N3O3/c19-10-13-8-15(11-20)22(21-13)17-7-6-14(23(25)26)9-16(17)18(24)12-4-2-1-3-5-12/h1-9H,10-11H2. The highest BCUT2D eigenvalue weighted by atomic mass is 35.5. The van der Waals surface area contributed by atoms with Crippen molar-refractivity contribution in [2.75, 3.05) is 0 Å². The Morgan fingerprint density at radius 2 is 1.81 bits per heavy atom. The van der Waals surface area contributed by atoms with Crippen molar-refractivity contribution in [3.63, 3.8) is 0 Å². The molecule has 8 heteroatoms. The number of aromatic nitrogens is 2. The maximum absolute atomic E-state index is 13.0. The lowest BCUT2D eigenvalue weighted by atomic mass is 10.0. The van der Waals surface area contributed by atoms with Crippen LogP contribution in [0.15, 0.2) is 54.6 Å². The Kier molecular flexibility index (Phi) is 5.35. The number of carbonyl (C=O) groups is 1. The Hall–Kier alpha value is -2.70. The molecule has 1 heterocycles. The molecule has 0 unspecified atom stereocenters. The predicted molar refractivity (Wildman–Crippen MR) is 99.2 cm³/mol. The van der Waals surface area contributed by atoms with Crippen LogP contribution in [0.3, 0.4) is 0 Å². The average Bonchev–Trinajstić information content (AvgIpc) is 3.11. The fourth-order valence-electron chi connectivity index (χ4n) is 2.59. The number of nitro benzene ring substituents is 1. The highest BCUT2D eigenvalue weighted by Crippen LogP contribution is 2.26. The number of alkyl halides is 2. The van der Waals surface area contributed by atoms with E-state index in [2.05, 4.69) is 5.10 Å². The summed E-state index contributed by atoms with van der Waals surface area (Å²) < 4.78 is 1.50. The van der Waals surface area contributed by atoms with Crippen LogP contribution in [-0.4, -0.2) is 20.5 Å². The molecule has 3 rings (SSSR count). The van der Waals surface area contributed by atoms with Crippen molar-refractivity contribution in [1.29, 1.82) is 0 Å². The van der Waals surface area contributed by atoms with Crippen molar-refractivity contribution in [1.82, 2.24) is 9.78 Å². The molecule has 26 heavy (non-hydrogen) atoms. The first kappa shape index (κ1) is 18.1. The van der Waals surface area contributed by atoms with E-state index >= 15 is 0 Å².